The fraction of sp³-hybridized carbons (Fsp3) is 0.412. The van der Waals surface area contributed by atoms with Crippen LogP contribution in [-0.4, -0.2) is 5.54 Å². The van der Waals surface area contributed by atoms with Gasteiger partial charge < -0.3 is 10.6 Å². The molecule has 0 bridgehead atoms. The largest absolute Gasteiger partial charge is 0.376 e. The summed E-state index contributed by atoms with van der Waals surface area (Å²) in [5.74, 6) is 0. The van der Waals surface area contributed by atoms with Crippen LogP contribution in [0, 0.1) is 13.8 Å². The third kappa shape index (κ3) is 3.32. The van der Waals surface area contributed by atoms with Crippen LogP contribution >= 0.6 is 0 Å². The standard InChI is InChI=1S/C17H22N2O2/c1-10-6-7-12(8-11(10)2)9-18-13-14(16(21)15(13)20)19-17(3,4)5/h6-8,18-19H,9H2,1-5H3. The molecule has 112 valence electrons. The molecule has 0 aliphatic carbocycles. The zero-order valence-electron chi connectivity index (χ0n) is 13.3. The Kier molecular flexibility index (Phi) is 3.90. The Hall–Kier alpha value is -2.10. The van der Waals surface area contributed by atoms with Gasteiger partial charge in [0.25, 0.3) is 10.9 Å². The second-order valence-electron chi connectivity index (χ2n) is 6.56. The van der Waals surface area contributed by atoms with Crippen LogP contribution in [0.3, 0.4) is 0 Å². The summed E-state index contributed by atoms with van der Waals surface area (Å²) in [5, 5.41) is 6.17. The highest BCUT2D eigenvalue weighted by molar-refractivity contribution is 5.74. The molecule has 0 radical (unpaired) electrons. The summed E-state index contributed by atoms with van der Waals surface area (Å²) < 4.78 is 0. The Morgan fingerprint density at radius 2 is 1.57 bits per heavy atom. The van der Waals surface area contributed by atoms with Crippen molar-refractivity contribution in [3.63, 3.8) is 0 Å². The molecular weight excluding hydrogens is 264 g/mol. The highest BCUT2D eigenvalue weighted by Crippen LogP contribution is 2.20. The van der Waals surface area contributed by atoms with Gasteiger partial charge in [0.2, 0.25) is 0 Å². The van der Waals surface area contributed by atoms with E-state index >= 15 is 0 Å². The van der Waals surface area contributed by atoms with Gasteiger partial charge in [0.1, 0.15) is 11.4 Å². The van der Waals surface area contributed by atoms with Crippen LogP contribution in [-0.2, 0) is 6.54 Å². The number of hydrogen-bond donors (Lipinski definition) is 2. The molecule has 2 N–H and O–H groups in total. The molecule has 0 saturated heterocycles. The minimum Gasteiger partial charge on any atom is -0.376 e. The monoisotopic (exact) mass is 286 g/mol. The maximum atomic E-state index is 11.7. The fourth-order valence-corrected chi connectivity index (χ4v) is 2.16. The van der Waals surface area contributed by atoms with Crippen molar-refractivity contribution in [1.82, 2.24) is 0 Å². The Morgan fingerprint density at radius 1 is 0.952 bits per heavy atom. The van der Waals surface area contributed by atoms with Crippen molar-refractivity contribution in [3.05, 3.63) is 55.3 Å². The van der Waals surface area contributed by atoms with Crippen molar-refractivity contribution in [2.24, 2.45) is 0 Å². The summed E-state index contributed by atoms with van der Waals surface area (Å²) in [6.45, 7) is 10.5. The molecule has 0 fully saturated rings. The van der Waals surface area contributed by atoms with Gasteiger partial charge in [-0.15, -0.1) is 0 Å². The molecule has 0 amide bonds. The van der Waals surface area contributed by atoms with Crippen LogP contribution in [0.2, 0.25) is 0 Å². The van der Waals surface area contributed by atoms with Gasteiger partial charge in [-0.25, -0.2) is 0 Å². The predicted molar refractivity (Wildman–Crippen MR) is 88.0 cm³/mol. The van der Waals surface area contributed by atoms with E-state index in [2.05, 4.69) is 36.6 Å². The zero-order valence-corrected chi connectivity index (χ0v) is 13.3. The van der Waals surface area contributed by atoms with Crippen LogP contribution in [0.1, 0.15) is 37.5 Å². The molecule has 0 spiro atoms. The molecule has 0 aromatic heterocycles. The quantitative estimate of drug-likeness (QED) is 0.849. The lowest BCUT2D eigenvalue weighted by Gasteiger charge is -2.25. The predicted octanol–water partition coefficient (Wildman–Crippen LogP) is 2.72. The van der Waals surface area contributed by atoms with E-state index < -0.39 is 10.9 Å². The molecule has 0 saturated carbocycles. The van der Waals surface area contributed by atoms with Crippen molar-refractivity contribution in [2.75, 3.05) is 10.6 Å². The number of hydrogen-bond acceptors (Lipinski definition) is 4. The van der Waals surface area contributed by atoms with Crippen LogP contribution < -0.4 is 21.5 Å². The second kappa shape index (κ2) is 5.35. The number of rotatable bonds is 4. The van der Waals surface area contributed by atoms with Gasteiger partial charge in [-0.2, -0.15) is 0 Å². The number of benzene rings is 1. The molecule has 2 aromatic rings. The molecule has 0 heterocycles. The summed E-state index contributed by atoms with van der Waals surface area (Å²) in [5.41, 5.74) is 3.21. The van der Waals surface area contributed by atoms with Gasteiger partial charge in [0.15, 0.2) is 0 Å². The van der Waals surface area contributed by atoms with Gasteiger partial charge in [0, 0.05) is 12.1 Å². The zero-order chi connectivity index (χ0) is 15.8. The van der Waals surface area contributed by atoms with Gasteiger partial charge in [-0.1, -0.05) is 18.2 Å². The number of aryl methyl sites for hydroxylation is 2. The molecule has 21 heavy (non-hydrogen) atoms. The first-order chi connectivity index (χ1) is 9.69. The highest BCUT2D eigenvalue weighted by atomic mass is 16.2. The summed E-state index contributed by atoms with van der Waals surface area (Å²) >= 11 is 0. The summed E-state index contributed by atoms with van der Waals surface area (Å²) in [4.78, 5) is 23.3. The van der Waals surface area contributed by atoms with Crippen LogP contribution in [0.5, 0.6) is 0 Å². The average Bonchev–Trinajstić information content (AvgIpc) is 2.40. The van der Waals surface area contributed by atoms with Gasteiger partial charge in [-0.05, 0) is 51.3 Å². The first kappa shape index (κ1) is 15.3. The topological polar surface area (TPSA) is 58.2 Å². The van der Waals surface area contributed by atoms with E-state index in [-0.39, 0.29) is 5.54 Å². The van der Waals surface area contributed by atoms with Crippen LogP contribution in [0.15, 0.2) is 27.8 Å². The van der Waals surface area contributed by atoms with Crippen molar-refractivity contribution in [2.45, 2.75) is 46.7 Å². The minimum absolute atomic E-state index is 0.251. The van der Waals surface area contributed by atoms with Crippen LogP contribution in [0.25, 0.3) is 0 Å². The van der Waals surface area contributed by atoms with E-state index in [1.165, 1.54) is 11.1 Å². The summed E-state index contributed by atoms with van der Waals surface area (Å²) in [6, 6.07) is 6.17. The molecule has 0 atom stereocenters. The highest BCUT2D eigenvalue weighted by Gasteiger charge is 2.24. The molecule has 0 aliphatic rings. The van der Waals surface area contributed by atoms with Gasteiger partial charge in [-0.3, -0.25) is 9.59 Å². The maximum Gasteiger partial charge on any atom is 0.253 e. The Bertz CT molecular complexity index is 732. The minimum atomic E-state index is -0.439. The van der Waals surface area contributed by atoms with Crippen molar-refractivity contribution in [3.8, 4) is 0 Å². The molecular formula is C17H22N2O2. The fourth-order valence-electron chi connectivity index (χ4n) is 2.16. The normalized spacial score (nSPS) is 11.7. The molecule has 2 rings (SSSR count). The lowest BCUT2D eigenvalue weighted by molar-refractivity contribution is 0.632. The molecule has 4 nitrogen and oxygen atoms in total. The van der Waals surface area contributed by atoms with Gasteiger partial charge in [0.05, 0.1) is 0 Å². The lowest BCUT2D eigenvalue weighted by Crippen LogP contribution is -2.41. The Balaban J connectivity index is 2.14. The Labute approximate surface area is 124 Å². The molecule has 0 aliphatic heterocycles. The second-order valence-corrected chi connectivity index (χ2v) is 6.56. The number of nitrogens with one attached hydrogen (secondary N) is 2. The molecule has 0 unspecified atom stereocenters. The third-order valence-corrected chi connectivity index (χ3v) is 3.45. The van der Waals surface area contributed by atoms with Crippen molar-refractivity contribution < 1.29 is 0 Å². The van der Waals surface area contributed by atoms with E-state index in [9.17, 15) is 9.59 Å². The van der Waals surface area contributed by atoms with E-state index in [1.54, 1.807) is 0 Å². The summed E-state index contributed by atoms with van der Waals surface area (Å²) in [7, 11) is 0. The lowest BCUT2D eigenvalue weighted by atomic mass is 10.0. The van der Waals surface area contributed by atoms with Crippen molar-refractivity contribution in [1.29, 1.82) is 0 Å². The van der Waals surface area contributed by atoms with Crippen LogP contribution in [0.4, 0.5) is 11.4 Å². The average molecular weight is 286 g/mol. The Morgan fingerprint density at radius 3 is 2.14 bits per heavy atom. The first-order valence-corrected chi connectivity index (χ1v) is 7.10. The molecule has 4 heteroatoms. The first-order valence-electron chi connectivity index (χ1n) is 7.10. The van der Waals surface area contributed by atoms with E-state index in [0.29, 0.717) is 17.9 Å². The van der Waals surface area contributed by atoms with Crippen molar-refractivity contribution >= 4 is 11.4 Å². The maximum absolute atomic E-state index is 11.7. The smallest absolute Gasteiger partial charge is 0.253 e. The SMILES string of the molecule is Cc1ccc(CNc2c(NC(C)(C)C)c(=O)c2=O)cc1C. The van der Waals surface area contributed by atoms with E-state index in [1.807, 2.05) is 26.8 Å². The van der Waals surface area contributed by atoms with Gasteiger partial charge >= 0.3 is 0 Å². The van der Waals surface area contributed by atoms with E-state index in [0.717, 1.165) is 5.56 Å². The molecule has 2 aromatic carbocycles. The summed E-state index contributed by atoms with van der Waals surface area (Å²) in [6.07, 6.45) is 0. The van der Waals surface area contributed by atoms with E-state index in [4.69, 9.17) is 0 Å². The number of anilines is 2. The third-order valence-electron chi connectivity index (χ3n) is 3.45.